The number of alkyl halides is 6. The third kappa shape index (κ3) is 7.89. The number of nitrogens with zero attached hydrogens (tertiary/aromatic N) is 3. The van der Waals surface area contributed by atoms with Crippen molar-refractivity contribution in [3.8, 4) is 0 Å². The van der Waals surface area contributed by atoms with E-state index in [4.69, 9.17) is 0 Å². The van der Waals surface area contributed by atoms with Crippen molar-refractivity contribution >= 4 is 47.5 Å². The first-order valence-electron chi connectivity index (χ1n) is 13.1. The number of hydrogen-bond acceptors (Lipinski definition) is 6. The Morgan fingerprint density at radius 2 is 1.33 bits per heavy atom. The fourth-order valence-electron chi connectivity index (χ4n) is 4.45. The van der Waals surface area contributed by atoms with Gasteiger partial charge in [-0.2, -0.15) is 26.3 Å². The van der Waals surface area contributed by atoms with Gasteiger partial charge in [0.1, 0.15) is 0 Å². The van der Waals surface area contributed by atoms with Gasteiger partial charge >= 0.3 is 31.1 Å². The molecule has 0 fully saturated rings. The number of rotatable bonds is 10. The molecule has 8 nitrogen and oxygen atoms in total. The van der Waals surface area contributed by atoms with Crippen molar-refractivity contribution in [3.05, 3.63) is 54.9 Å². The SMILES string of the molecule is CCCCCCCCN1C=CN(c2ccc3c(c2)c2ccccc2n3C)C1.O=S(=O)(NS(=O)(=O)C(F)(F)F)C(F)(F)F. The molecule has 0 saturated heterocycles. The highest BCUT2D eigenvalue weighted by Gasteiger charge is 2.55. The normalized spacial score (nSPS) is 14.6. The lowest BCUT2D eigenvalue weighted by Crippen LogP contribution is -2.45. The number of anilines is 1. The van der Waals surface area contributed by atoms with Gasteiger partial charge in [-0.05, 0) is 30.7 Å². The summed E-state index contributed by atoms with van der Waals surface area (Å²) in [7, 11) is -11.0. The van der Waals surface area contributed by atoms with Gasteiger partial charge < -0.3 is 14.4 Å². The number of para-hydroxylation sites is 1. The van der Waals surface area contributed by atoms with Crippen LogP contribution >= 0.6 is 0 Å². The van der Waals surface area contributed by atoms with Crippen molar-refractivity contribution in [2.45, 2.75) is 56.5 Å². The van der Waals surface area contributed by atoms with Crippen LogP contribution in [0.5, 0.6) is 0 Å². The van der Waals surface area contributed by atoms with Crippen LogP contribution in [0, 0.1) is 0 Å². The van der Waals surface area contributed by atoms with E-state index in [1.807, 2.05) is 0 Å². The Morgan fingerprint density at radius 3 is 1.95 bits per heavy atom. The number of benzene rings is 2. The van der Waals surface area contributed by atoms with Crippen molar-refractivity contribution in [1.29, 1.82) is 0 Å². The molecule has 4 rings (SSSR count). The van der Waals surface area contributed by atoms with Crippen LogP contribution in [-0.2, 0) is 27.1 Å². The van der Waals surface area contributed by atoms with Crippen LogP contribution in [0.4, 0.5) is 32.0 Å². The van der Waals surface area contributed by atoms with Crippen LogP contribution in [0.3, 0.4) is 0 Å². The number of unbranched alkanes of at least 4 members (excludes halogenated alkanes) is 5. The molecule has 0 aliphatic carbocycles. The first kappa shape index (κ1) is 33.5. The number of aromatic nitrogens is 1. The molecule has 1 aliphatic heterocycles. The maximum absolute atomic E-state index is 11.5. The number of aryl methyl sites for hydroxylation is 1. The lowest BCUT2D eigenvalue weighted by molar-refractivity contribution is -0.0476. The van der Waals surface area contributed by atoms with Crippen LogP contribution in [0.1, 0.15) is 45.4 Å². The van der Waals surface area contributed by atoms with Gasteiger partial charge in [0, 0.05) is 53.5 Å². The van der Waals surface area contributed by atoms with E-state index < -0.39 is 35.2 Å². The molecule has 1 aromatic heterocycles. The average Bonchev–Trinajstić information content (AvgIpc) is 3.48. The Morgan fingerprint density at radius 1 is 0.762 bits per heavy atom. The summed E-state index contributed by atoms with van der Waals surface area (Å²) in [4.78, 5) is 4.80. The minimum Gasteiger partial charge on any atom is -0.358 e. The third-order valence-electron chi connectivity index (χ3n) is 6.65. The molecule has 0 spiro atoms. The first-order valence-corrected chi connectivity index (χ1v) is 16.0. The molecule has 0 unspecified atom stereocenters. The summed E-state index contributed by atoms with van der Waals surface area (Å²) < 4.78 is 111. The molecule has 1 N–H and O–H groups in total. The highest BCUT2D eigenvalue weighted by Crippen LogP contribution is 2.32. The van der Waals surface area contributed by atoms with Gasteiger partial charge in [-0.3, -0.25) is 0 Å². The van der Waals surface area contributed by atoms with Gasteiger partial charge in [-0.25, -0.2) is 16.8 Å². The molecule has 0 radical (unpaired) electrons. The summed E-state index contributed by atoms with van der Waals surface area (Å²) in [5.74, 6) is 0. The Balaban J connectivity index is 0.000000277. The smallest absolute Gasteiger partial charge is 0.358 e. The molecule has 16 heteroatoms. The topological polar surface area (TPSA) is 91.7 Å². The summed E-state index contributed by atoms with van der Waals surface area (Å²) in [6.45, 7) is 4.40. The van der Waals surface area contributed by atoms with Gasteiger partial charge in [0.05, 0.1) is 6.67 Å². The molecule has 234 valence electrons. The maximum Gasteiger partial charge on any atom is 0.512 e. The van der Waals surface area contributed by atoms with E-state index >= 15 is 0 Å². The summed E-state index contributed by atoms with van der Waals surface area (Å²) in [5, 5.41) is 2.68. The Kier molecular flexibility index (Phi) is 10.5. The molecule has 3 aromatic rings. The van der Waals surface area contributed by atoms with E-state index in [2.05, 4.69) is 83.2 Å². The number of halogens is 6. The third-order valence-corrected chi connectivity index (χ3v) is 9.62. The predicted octanol–water partition coefficient (Wildman–Crippen LogP) is 6.52. The molecule has 1 aliphatic rings. The molecular weight excluding hydrogens is 610 g/mol. The zero-order valence-electron chi connectivity index (χ0n) is 22.9. The van der Waals surface area contributed by atoms with E-state index in [0.717, 1.165) is 13.2 Å². The number of sulfonamides is 2. The fourth-order valence-corrected chi connectivity index (χ4v) is 6.36. The first-order chi connectivity index (χ1) is 19.5. The molecular formula is C26H32F6N4O4S2. The average molecular weight is 643 g/mol. The summed E-state index contributed by atoms with van der Waals surface area (Å²) in [5.41, 5.74) is -8.42. The highest BCUT2D eigenvalue weighted by atomic mass is 32.3. The van der Waals surface area contributed by atoms with E-state index in [9.17, 15) is 43.2 Å². The second-order valence-electron chi connectivity index (χ2n) is 9.75. The van der Waals surface area contributed by atoms with Gasteiger partial charge in [0.2, 0.25) is 0 Å². The van der Waals surface area contributed by atoms with Crippen molar-refractivity contribution < 1.29 is 43.2 Å². The molecule has 2 aromatic carbocycles. The van der Waals surface area contributed by atoms with Gasteiger partial charge in [0.25, 0.3) is 0 Å². The molecule has 2 heterocycles. The van der Waals surface area contributed by atoms with Gasteiger partial charge in [-0.15, -0.1) is 0 Å². The molecule has 0 amide bonds. The zero-order valence-corrected chi connectivity index (χ0v) is 24.5. The Labute approximate surface area is 240 Å². The van der Waals surface area contributed by atoms with Crippen LogP contribution < -0.4 is 9.03 Å². The van der Waals surface area contributed by atoms with Crippen molar-refractivity contribution in [3.63, 3.8) is 0 Å². The number of nitrogens with one attached hydrogen (secondary N) is 1. The van der Waals surface area contributed by atoms with E-state index in [-0.39, 0.29) is 0 Å². The summed E-state index contributed by atoms with van der Waals surface area (Å²) in [6, 6.07) is 15.5. The van der Waals surface area contributed by atoms with E-state index in [0.29, 0.717) is 0 Å². The van der Waals surface area contributed by atoms with Crippen LogP contribution in [0.15, 0.2) is 54.9 Å². The minimum atomic E-state index is -6.60. The van der Waals surface area contributed by atoms with E-state index in [1.54, 1.807) is 0 Å². The van der Waals surface area contributed by atoms with Crippen LogP contribution in [0.2, 0.25) is 0 Å². The molecule has 42 heavy (non-hydrogen) atoms. The lowest BCUT2D eigenvalue weighted by Gasteiger charge is -2.21. The standard InChI is InChI=1S/C24H31N3.C2HF6NO4S2/c1-3-4-5-6-7-10-15-26-16-17-27(19-26)20-13-14-24-22(18-20)21-11-8-9-12-23(21)25(24)2;3-1(4,5)14(10,11)9-15(12,13)2(6,7)8/h8-9,11-14,16-18H,3-7,10,15,19H2,1-2H3;9H. The van der Waals surface area contributed by atoms with Crippen molar-refractivity contribution in [2.75, 3.05) is 18.1 Å². The summed E-state index contributed by atoms with van der Waals surface area (Å²) in [6.07, 6.45) is 12.6. The maximum atomic E-state index is 11.5. The number of hydrogen-bond donors (Lipinski definition) is 1. The van der Waals surface area contributed by atoms with Crippen molar-refractivity contribution in [1.82, 2.24) is 13.6 Å². The van der Waals surface area contributed by atoms with Crippen LogP contribution in [-0.4, -0.2) is 50.5 Å². The van der Waals surface area contributed by atoms with Gasteiger partial charge in [-0.1, -0.05) is 61.4 Å². The largest absolute Gasteiger partial charge is 0.512 e. The van der Waals surface area contributed by atoms with Gasteiger partial charge in [0.15, 0.2) is 0 Å². The van der Waals surface area contributed by atoms with E-state index in [1.165, 1.54) is 66.0 Å². The summed E-state index contributed by atoms with van der Waals surface area (Å²) >= 11 is 0. The highest BCUT2D eigenvalue weighted by molar-refractivity contribution is 8.05. The monoisotopic (exact) mass is 642 g/mol. The van der Waals surface area contributed by atoms with Crippen LogP contribution in [0.25, 0.3) is 21.8 Å². The zero-order chi connectivity index (χ0) is 31.3. The Bertz CT molecular complexity index is 1580. The fraction of sp³-hybridized carbons (Fsp3) is 0.462. The molecule has 0 bridgehead atoms. The lowest BCUT2D eigenvalue weighted by atomic mass is 10.1. The predicted molar refractivity (Wildman–Crippen MR) is 150 cm³/mol. The molecule has 0 atom stereocenters. The second-order valence-corrected chi connectivity index (χ2v) is 13.4. The number of fused-ring (bicyclic) bond motifs is 3. The second kappa shape index (κ2) is 13.1. The van der Waals surface area contributed by atoms with Crippen molar-refractivity contribution in [2.24, 2.45) is 7.05 Å². The quantitative estimate of drug-likeness (QED) is 0.200. The minimum absolute atomic E-state index is 0.493. The Hall–Kier alpha value is -2.98. The molecule has 0 saturated carbocycles.